The number of alkyl halides is 3. The minimum Gasteiger partial charge on any atom is -0.475 e. The monoisotopic (exact) mass is 448 g/mol. The number of aromatic nitrogens is 2. The third-order valence-corrected chi connectivity index (χ3v) is 5.87. The van der Waals surface area contributed by atoms with Gasteiger partial charge in [-0.15, -0.1) is 0 Å². The van der Waals surface area contributed by atoms with E-state index in [1.165, 1.54) is 5.56 Å². The van der Waals surface area contributed by atoms with E-state index in [-0.39, 0.29) is 11.3 Å². The van der Waals surface area contributed by atoms with E-state index < -0.39 is 12.1 Å². The highest BCUT2D eigenvalue weighted by Gasteiger charge is 2.51. The lowest BCUT2D eigenvalue weighted by Gasteiger charge is -2.32. The van der Waals surface area contributed by atoms with Crippen LogP contribution in [0.2, 0.25) is 0 Å². The summed E-state index contributed by atoms with van der Waals surface area (Å²) in [5, 5.41) is 11.4. The Kier molecular flexibility index (Phi) is 7.22. The Morgan fingerprint density at radius 3 is 2.55 bits per heavy atom. The molecule has 3 saturated heterocycles. The fourth-order valence-corrected chi connectivity index (χ4v) is 4.35. The molecule has 1 amide bonds. The molecule has 4 rings (SSSR count). The van der Waals surface area contributed by atoms with Crippen LogP contribution < -0.4 is 0 Å². The van der Waals surface area contributed by atoms with Crippen LogP contribution >= 0.6 is 0 Å². The summed E-state index contributed by atoms with van der Waals surface area (Å²) < 4.78 is 44.7. The number of likely N-dealkylation sites (tertiary alicyclic amines) is 1. The maximum atomic E-state index is 12.7. The molecule has 12 heteroatoms. The largest absolute Gasteiger partial charge is 0.490 e. The minimum atomic E-state index is -5.08. The molecule has 1 aromatic heterocycles. The van der Waals surface area contributed by atoms with E-state index in [0.717, 1.165) is 39.3 Å². The number of fused-ring (bicyclic) bond motifs is 1. The molecule has 0 bridgehead atoms. The smallest absolute Gasteiger partial charge is 0.475 e. The van der Waals surface area contributed by atoms with Crippen molar-refractivity contribution in [3.63, 3.8) is 0 Å². The van der Waals surface area contributed by atoms with Crippen LogP contribution in [0.3, 0.4) is 0 Å². The van der Waals surface area contributed by atoms with Crippen LogP contribution in [0.15, 0.2) is 12.4 Å². The topological polar surface area (TPSA) is 97.1 Å². The van der Waals surface area contributed by atoms with E-state index in [0.29, 0.717) is 32.2 Å². The molecule has 0 spiro atoms. The Hall–Kier alpha value is -2.18. The van der Waals surface area contributed by atoms with Gasteiger partial charge < -0.3 is 19.5 Å². The summed E-state index contributed by atoms with van der Waals surface area (Å²) in [4.78, 5) is 26.0. The molecule has 0 radical (unpaired) electrons. The molecule has 3 fully saturated rings. The number of aliphatic carboxylic acids is 1. The van der Waals surface area contributed by atoms with E-state index in [4.69, 9.17) is 19.4 Å². The van der Waals surface area contributed by atoms with Gasteiger partial charge in [0.25, 0.3) is 0 Å². The summed E-state index contributed by atoms with van der Waals surface area (Å²) in [5.74, 6) is -2.04. The first kappa shape index (κ1) is 23.5. The SMILES string of the molecule is Cn1cc(CN2C[C@@H]3COC[C@]3(CC(=O)N3CCOCC3)C2)cn1.O=C(O)C(F)(F)F. The van der Waals surface area contributed by atoms with E-state index in [2.05, 4.69) is 16.2 Å². The number of carbonyl (C=O) groups is 2. The first-order valence-electron chi connectivity index (χ1n) is 10.0. The van der Waals surface area contributed by atoms with Gasteiger partial charge in [0.15, 0.2) is 0 Å². The van der Waals surface area contributed by atoms with Crippen molar-refractivity contribution < 1.29 is 37.3 Å². The summed E-state index contributed by atoms with van der Waals surface area (Å²) in [7, 11) is 1.94. The Morgan fingerprint density at radius 1 is 1.29 bits per heavy atom. The van der Waals surface area contributed by atoms with Gasteiger partial charge in [0.2, 0.25) is 5.91 Å². The molecule has 3 aliphatic heterocycles. The van der Waals surface area contributed by atoms with Crippen molar-refractivity contribution in [1.29, 1.82) is 0 Å². The second-order valence-electron chi connectivity index (χ2n) is 8.24. The Labute approximate surface area is 177 Å². The molecule has 3 aliphatic rings. The van der Waals surface area contributed by atoms with Gasteiger partial charge in [-0.2, -0.15) is 18.3 Å². The van der Waals surface area contributed by atoms with E-state index in [1.54, 1.807) is 0 Å². The van der Waals surface area contributed by atoms with E-state index >= 15 is 0 Å². The molecular formula is C19H27F3N4O5. The van der Waals surface area contributed by atoms with Crippen LogP contribution in [-0.4, -0.2) is 95.3 Å². The number of halogens is 3. The summed E-state index contributed by atoms with van der Waals surface area (Å²) in [6, 6.07) is 0. The summed E-state index contributed by atoms with van der Waals surface area (Å²) in [6.45, 7) is 7.08. The third-order valence-electron chi connectivity index (χ3n) is 5.87. The Bertz CT molecular complexity index is 781. The van der Waals surface area contributed by atoms with Gasteiger partial charge in [0.1, 0.15) is 0 Å². The van der Waals surface area contributed by atoms with Crippen molar-refractivity contribution >= 4 is 11.9 Å². The predicted molar refractivity (Wildman–Crippen MR) is 101 cm³/mol. The molecule has 4 heterocycles. The molecule has 0 saturated carbocycles. The van der Waals surface area contributed by atoms with Gasteiger partial charge in [-0.1, -0.05) is 0 Å². The van der Waals surface area contributed by atoms with E-state index in [9.17, 15) is 18.0 Å². The fraction of sp³-hybridized carbons (Fsp3) is 0.737. The third kappa shape index (κ3) is 5.95. The van der Waals surface area contributed by atoms with Crippen LogP contribution in [0, 0.1) is 11.3 Å². The summed E-state index contributed by atoms with van der Waals surface area (Å²) >= 11 is 0. The number of amides is 1. The molecule has 0 aromatic carbocycles. The molecule has 0 aliphatic carbocycles. The molecular weight excluding hydrogens is 421 g/mol. The van der Waals surface area contributed by atoms with Crippen molar-refractivity contribution in [2.75, 3.05) is 52.6 Å². The quantitative estimate of drug-likeness (QED) is 0.726. The van der Waals surface area contributed by atoms with Crippen molar-refractivity contribution in [2.45, 2.75) is 19.1 Å². The second-order valence-corrected chi connectivity index (χ2v) is 8.24. The number of ether oxygens (including phenoxy) is 2. The van der Waals surface area contributed by atoms with Gasteiger partial charge >= 0.3 is 12.1 Å². The zero-order valence-corrected chi connectivity index (χ0v) is 17.3. The lowest BCUT2D eigenvalue weighted by atomic mass is 9.77. The molecule has 0 unspecified atom stereocenters. The number of carbonyl (C=O) groups excluding carboxylic acids is 1. The predicted octanol–water partition coefficient (Wildman–Crippen LogP) is 0.751. The minimum absolute atomic E-state index is 0.0163. The highest BCUT2D eigenvalue weighted by atomic mass is 19.4. The lowest BCUT2D eigenvalue weighted by molar-refractivity contribution is -0.192. The normalized spacial score (nSPS) is 26.3. The van der Waals surface area contributed by atoms with E-state index in [1.807, 2.05) is 22.8 Å². The number of nitrogens with zero attached hydrogens (tertiary/aromatic N) is 4. The average molecular weight is 448 g/mol. The molecule has 174 valence electrons. The van der Waals surface area contributed by atoms with Crippen molar-refractivity contribution in [3.8, 4) is 0 Å². The highest BCUT2D eigenvalue weighted by molar-refractivity contribution is 5.77. The lowest BCUT2D eigenvalue weighted by Crippen LogP contribution is -2.44. The van der Waals surface area contributed by atoms with Crippen LogP contribution in [0.25, 0.3) is 0 Å². The number of aryl methyl sites for hydroxylation is 1. The number of hydrogen-bond acceptors (Lipinski definition) is 6. The van der Waals surface area contributed by atoms with Crippen molar-refractivity contribution in [3.05, 3.63) is 18.0 Å². The molecule has 2 atom stereocenters. The molecule has 31 heavy (non-hydrogen) atoms. The highest BCUT2D eigenvalue weighted by Crippen LogP contribution is 2.44. The van der Waals surface area contributed by atoms with Gasteiger partial charge in [-0.25, -0.2) is 4.79 Å². The van der Waals surface area contributed by atoms with Gasteiger partial charge in [0.05, 0.1) is 32.6 Å². The maximum Gasteiger partial charge on any atom is 0.490 e. The van der Waals surface area contributed by atoms with Crippen molar-refractivity contribution in [1.82, 2.24) is 19.6 Å². The fourth-order valence-electron chi connectivity index (χ4n) is 4.35. The molecule has 1 N–H and O–H groups in total. The Balaban J connectivity index is 0.000000339. The first-order chi connectivity index (χ1) is 14.6. The molecule has 9 nitrogen and oxygen atoms in total. The van der Waals surface area contributed by atoms with Crippen LogP contribution in [0.5, 0.6) is 0 Å². The maximum absolute atomic E-state index is 12.7. The standard InChI is InChI=1S/C17H26N4O3.C2HF3O2/c1-19-8-14(7-18-19)9-20-10-15-11-24-13-17(15,12-20)6-16(22)21-2-4-23-5-3-21;3-2(4,5)1(6)7/h7-8,15H,2-6,9-13H2,1H3;(H,6,7)/t15-,17+;/m1./s1. The average Bonchev–Trinajstić information content (AvgIpc) is 3.36. The van der Waals surface area contributed by atoms with Gasteiger partial charge in [-0.05, 0) is 0 Å². The van der Waals surface area contributed by atoms with Crippen LogP contribution in [-0.2, 0) is 32.7 Å². The number of hydrogen-bond donors (Lipinski definition) is 1. The van der Waals surface area contributed by atoms with Gasteiger partial charge in [0, 0.05) is 69.3 Å². The Morgan fingerprint density at radius 2 is 1.97 bits per heavy atom. The second kappa shape index (κ2) is 9.53. The number of carboxylic acids is 1. The number of morpholine rings is 1. The zero-order chi connectivity index (χ0) is 22.6. The van der Waals surface area contributed by atoms with Crippen molar-refractivity contribution in [2.24, 2.45) is 18.4 Å². The summed E-state index contributed by atoms with van der Waals surface area (Å²) in [5.41, 5.74) is 1.21. The number of carboxylic acid groups (broad SMARTS) is 1. The zero-order valence-electron chi connectivity index (χ0n) is 17.3. The summed E-state index contributed by atoms with van der Waals surface area (Å²) in [6.07, 6.45) is -0.493. The van der Waals surface area contributed by atoms with Crippen LogP contribution in [0.4, 0.5) is 13.2 Å². The number of rotatable bonds is 4. The van der Waals surface area contributed by atoms with Gasteiger partial charge in [-0.3, -0.25) is 14.4 Å². The molecule has 1 aromatic rings. The first-order valence-corrected chi connectivity index (χ1v) is 10.0. The van der Waals surface area contributed by atoms with Crippen LogP contribution in [0.1, 0.15) is 12.0 Å².